The number of rotatable bonds is 3. The number of carbonyl (C=O) groups excluding carboxylic acids is 1. The minimum atomic E-state index is -4.44. The zero-order valence-electron chi connectivity index (χ0n) is 10.1. The van der Waals surface area contributed by atoms with E-state index in [2.05, 4.69) is 15.3 Å². The molecule has 19 heavy (non-hydrogen) atoms. The molecule has 106 valence electrons. The van der Waals surface area contributed by atoms with Crippen molar-refractivity contribution in [1.29, 1.82) is 0 Å². The number of amides is 1. The Bertz CT molecular complexity index is 441. The van der Waals surface area contributed by atoms with Crippen molar-refractivity contribution in [2.75, 3.05) is 11.5 Å². The Morgan fingerprint density at radius 2 is 2.37 bits per heavy atom. The summed E-state index contributed by atoms with van der Waals surface area (Å²) in [6.07, 6.45) is -1.86. The van der Waals surface area contributed by atoms with Crippen molar-refractivity contribution < 1.29 is 18.0 Å². The molecule has 0 aliphatic carbocycles. The molecule has 1 amide bonds. The Morgan fingerprint density at radius 1 is 1.58 bits per heavy atom. The summed E-state index contributed by atoms with van der Waals surface area (Å²) in [6, 6.07) is 0. The maximum absolute atomic E-state index is 12.3. The van der Waals surface area contributed by atoms with Crippen molar-refractivity contribution in [3.8, 4) is 0 Å². The van der Waals surface area contributed by atoms with Crippen LogP contribution >= 0.6 is 11.8 Å². The van der Waals surface area contributed by atoms with Gasteiger partial charge in [-0.15, -0.1) is 0 Å². The molecule has 1 aliphatic rings. The van der Waals surface area contributed by atoms with Crippen molar-refractivity contribution in [2.24, 2.45) is 5.92 Å². The topological polar surface area (TPSA) is 57.8 Å². The number of hydrogen-bond donors (Lipinski definition) is 2. The number of aromatic amines is 1. The Morgan fingerprint density at radius 3 is 2.95 bits per heavy atom. The molecule has 1 aliphatic heterocycles. The van der Waals surface area contributed by atoms with Gasteiger partial charge in [-0.1, -0.05) is 0 Å². The fourth-order valence-electron chi connectivity index (χ4n) is 1.86. The molecular formula is C11H14F3N3OS. The lowest BCUT2D eigenvalue weighted by molar-refractivity contribution is -0.140. The minimum absolute atomic E-state index is 0.00389. The van der Waals surface area contributed by atoms with E-state index in [0.29, 0.717) is 0 Å². The largest absolute Gasteiger partial charge is 0.432 e. The lowest BCUT2D eigenvalue weighted by Gasteiger charge is -2.20. The number of carbonyl (C=O) groups is 1. The molecule has 4 nitrogen and oxygen atoms in total. The van der Waals surface area contributed by atoms with Gasteiger partial charge in [0.2, 0.25) is 5.91 Å². The second kappa shape index (κ2) is 5.85. The lowest BCUT2D eigenvalue weighted by Crippen LogP contribution is -2.33. The van der Waals surface area contributed by atoms with Gasteiger partial charge in [0.15, 0.2) is 0 Å². The first-order valence-corrected chi connectivity index (χ1v) is 7.09. The Hall–Kier alpha value is -1.18. The van der Waals surface area contributed by atoms with Crippen LogP contribution in [0.3, 0.4) is 0 Å². The first kappa shape index (κ1) is 14.2. The van der Waals surface area contributed by atoms with E-state index >= 15 is 0 Å². The SMILES string of the molecule is O=C(NCc1ncc(C(F)(F)F)[nH]1)C1CCCSC1. The van der Waals surface area contributed by atoms with Crippen molar-refractivity contribution >= 4 is 17.7 Å². The number of aromatic nitrogens is 2. The summed E-state index contributed by atoms with van der Waals surface area (Å²) >= 11 is 1.73. The highest BCUT2D eigenvalue weighted by Crippen LogP contribution is 2.27. The normalized spacial score (nSPS) is 20.3. The van der Waals surface area contributed by atoms with Crippen LogP contribution in [0.4, 0.5) is 13.2 Å². The van der Waals surface area contributed by atoms with Gasteiger partial charge in [0.25, 0.3) is 0 Å². The van der Waals surface area contributed by atoms with Crippen LogP contribution in [-0.2, 0) is 17.5 Å². The zero-order valence-corrected chi connectivity index (χ0v) is 10.9. The van der Waals surface area contributed by atoms with E-state index in [1.165, 1.54) is 0 Å². The molecule has 0 spiro atoms. The van der Waals surface area contributed by atoms with Gasteiger partial charge in [-0.2, -0.15) is 24.9 Å². The number of thioether (sulfide) groups is 1. The summed E-state index contributed by atoms with van der Waals surface area (Å²) < 4.78 is 37.0. The molecule has 1 aromatic rings. The van der Waals surface area contributed by atoms with Crippen LogP contribution in [0.2, 0.25) is 0 Å². The van der Waals surface area contributed by atoms with Gasteiger partial charge in [-0.05, 0) is 18.6 Å². The van der Waals surface area contributed by atoms with Crippen LogP contribution in [0.5, 0.6) is 0 Å². The molecule has 2 rings (SSSR count). The monoisotopic (exact) mass is 293 g/mol. The molecule has 1 unspecified atom stereocenters. The molecule has 0 saturated carbocycles. The van der Waals surface area contributed by atoms with E-state index in [-0.39, 0.29) is 24.2 Å². The van der Waals surface area contributed by atoms with Crippen LogP contribution in [0, 0.1) is 5.92 Å². The van der Waals surface area contributed by atoms with Crippen molar-refractivity contribution in [1.82, 2.24) is 15.3 Å². The van der Waals surface area contributed by atoms with Gasteiger partial charge in [-0.3, -0.25) is 4.79 Å². The molecule has 1 atom stereocenters. The highest BCUT2D eigenvalue weighted by molar-refractivity contribution is 7.99. The van der Waals surface area contributed by atoms with Crippen LogP contribution < -0.4 is 5.32 Å². The summed E-state index contributed by atoms with van der Waals surface area (Å²) in [6.45, 7) is -0.00389. The maximum Gasteiger partial charge on any atom is 0.432 e. The van der Waals surface area contributed by atoms with Gasteiger partial charge in [0, 0.05) is 11.7 Å². The minimum Gasteiger partial charge on any atom is -0.349 e. The van der Waals surface area contributed by atoms with Crippen LogP contribution in [0.15, 0.2) is 6.20 Å². The number of hydrogen-bond acceptors (Lipinski definition) is 3. The van der Waals surface area contributed by atoms with Gasteiger partial charge in [0.1, 0.15) is 11.5 Å². The quantitative estimate of drug-likeness (QED) is 0.898. The van der Waals surface area contributed by atoms with Crippen LogP contribution in [0.1, 0.15) is 24.4 Å². The number of H-pyrrole nitrogens is 1. The summed E-state index contributed by atoms with van der Waals surface area (Å²) in [7, 11) is 0. The molecule has 1 fully saturated rings. The van der Waals surface area contributed by atoms with E-state index in [0.717, 1.165) is 30.5 Å². The molecule has 0 radical (unpaired) electrons. The zero-order chi connectivity index (χ0) is 13.9. The molecule has 1 saturated heterocycles. The maximum atomic E-state index is 12.3. The second-order valence-electron chi connectivity index (χ2n) is 4.37. The third kappa shape index (κ3) is 3.89. The fraction of sp³-hybridized carbons (Fsp3) is 0.636. The summed E-state index contributed by atoms with van der Waals surface area (Å²) in [5.74, 6) is 1.80. The Balaban J connectivity index is 1.85. The van der Waals surface area contributed by atoms with Crippen LogP contribution in [0.25, 0.3) is 0 Å². The number of nitrogens with one attached hydrogen (secondary N) is 2. The number of alkyl halides is 3. The molecule has 0 bridgehead atoms. The van der Waals surface area contributed by atoms with E-state index < -0.39 is 11.9 Å². The first-order chi connectivity index (χ1) is 8.97. The molecule has 1 aromatic heterocycles. The predicted octanol–water partition coefficient (Wildman–Crippen LogP) is 2.19. The average molecular weight is 293 g/mol. The molecule has 2 heterocycles. The van der Waals surface area contributed by atoms with Crippen molar-refractivity contribution in [3.05, 3.63) is 17.7 Å². The third-order valence-electron chi connectivity index (χ3n) is 2.89. The standard InChI is InChI=1S/C11H14F3N3OS/c12-11(13,14)8-4-15-9(17-8)5-16-10(18)7-2-1-3-19-6-7/h4,7H,1-3,5-6H2,(H,15,17)(H,16,18). The smallest absolute Gasteiger partial charge is 0.349 e. The average Bonchev–Trinajstić information content (AvgIpc) is 2.86. The highest BCUT2D eigenvalue weighted by atomic mass is 32.2. The lowest BCUT2D eigenvalue weighted by atomic mass is 10.0. The molecule has 8 heteroatoms. The van der Waals surface area contributed by atoms with Crippen molar-refractivity contribution in [2.45, 2.75) is 25.6 Å². The number of imidazole rings is 1. The molecule has 2 N–H and O–H groups in total. The van der Waals surface area contributed by atoms with E-state index in [1.54, 1.807) is 11.8 Å². The van der Waals surface area contributed by atoms with Crippen LogP contribution in [-0.4, -0.2) is 27.4 Å². The summed E-state index contributed by atoms with van der Waals surface area (Å²) in [5.41, 5.74) is -0.898. The first-order valence-electron chi connectivity index (χ1n) is 5.93. The molecule has 0 aromatic carbocycles. The summed E-state index contributed by atoms with van der Waals surface area (Å²) in [5, 5.41) is 2.62. The van der Waals surface area contributed by atoms with E-state index in [1.807, 2.05) is 0 Å². The summed E-state index contributed by atoms with van der Waals surface area (Å²) in [4.78, 5) is 17.5. The van der Waals surface area contributed by atoms with Gasteiger partial charge >= 0.3 is 6.18 Å². The Kier molecular flexibility index (Phi) is 4.38. The van der Waals surface area contributed by atoms with E-state index in [9.17, 15) is 18.0 Å². The fourth-order valence-corrected chi connectivity index (χ4v) is 3.00. The number of nitrogens with zero attached hydrogens (tertiary/aromatic N) is 1. The third-order valence-corrected chi connectivity index (χ3v) is 4.11. The molecular weight excluding hydrogens is 279 g/mol. The van der Waals surface area contributed by atoms with E-state index in [4.69, 9.17) is 0 Å². The van der Waals surface area contributed by atoms with Gasteiger partial charge < -0.3 is 10.3 Å². The van der Waals surface area contributed by atoms with Crippen molar-refractivity contribution in [3.63, 3.8) is 0 Å². The second-order valence-corrected chi connectivity index (χ2v) is 5.52. The predicted molar refractivity (Wildman–Crippen MR) is 65.5 cm³/mol. The number of halogens is 3. The highest BCUT2D eigenvalue weighted by Gasteiger charge is 2.33. The Labute approximate surface area is 112 Å². The van der Waals surface area contributed by atoms with Gasteiger partial charge in [0.05, 0.1) is 12.7 Å². The van der Waals surface area contributed by atoms with Gasteiger partial charge in [-0.25, -0.2) is 4.98 Å².